The number of hydrogen-bond donors (Lipinski definition) is 6. The zero-order valence-corrected chi connectivity index (χ0v) is 59.6. The van der Waals surface area contributed by atoms with Crippen molar-refractivity contribution in [3.05, 3.63) is 175 Å². The molecule has 2 amide bonds. The summed E-state index contributed by atoms with van der Waals surface area (Å²) in [7, 11) is -7.92. The van der Waals surface area contributed by atoms with Crippen molar-refractivity contribution in [1.29, 1.82) is 0 Å². The fraction of sp³-hybridized carbons (Fsp3) is 0.500. The molecule has 0 aliphatic heterocycles. The van der Waals surface area contributed by atoms with Crippen LogP contribution < -0.4 is 29.6 Å². The van der Waals surface area contributed by atoms with E-state index in [9.17, 15) is 36.6 Å². The number of carbonyl (C=O) groups excluding carboxylic acids is 2. The third-order valence-corrected chi connectivity index (χ3v) is 20.3. The summed E-state index contributed by atoms with van der Waals surface area (Å²) < 4.78 is 72.8. The molecular weight excluding hydrogens is 1190 g/mol. The Hall–Kier alpha value is -6.72. The number of benzene rings is 6. The van der Waals surface area contributed by atoms with E-state index in [1.807, 2.05) is 41.5 Å². The SMILES string of the molecule is Cc1ccc(S(=O)(=O)N[C@H](C(=O)NCCCCOc2c3cc(C(C)(C)C)cc2Cc2cc(C(C)(C)C)cc(c2O)Cc2cc(C(C)(C)C)cc(c2OCCCCNC(=O)[C@@H](NS(=O)(=O)c2ccc(C)cc2)C(C)C)Cc2cc(C(C)(C)C)cc(c2O)C3)C(C)C)cc1. The van der Waals surface area contributed by atoms with Gasteiger partial charge in [0.1, 0.15) is 35.1 Å². The molecule has 0 radical (unpaired) electrons. The Labute approximate surface area is 550 Å². The van der Waals surface area contributed by atoms with Gasteiger partial charge in [0.15, 0.2) is 0 Å². The number of phenols is 2. The van der Waals surface area contributed by atoms with Gasteiger partial charge in [0.25, 0.3) is 0 Å². The van der Waals surface area contributed by atoms with E-state index in [0.717, 1.165) is 77.9 Å². The molecule has 0 unspecified atom stereocenters. The lowest BCUT2D eigenvalue weighted by Gasteiger charge is -2.28. The number of rotatable bonds is 22. The molecule has 0 aromatic heterocycles. The van der Waals surface area contributed by atoms with E-state index in [1.165, 1.54) is 24.3 Å². The first-order chi connectivity index (χ1) is 42.7. The van der Waals surface area contributed by atoms with Crippen molar-refractivity contribution in [3.8, 4) is 23.0 Å². The van der Waals surface area contributed by atoms with Crippen LogP contribution in [0.25, 0.3) is 0 Å². The molecule has 6 aromatic carbocycles. The van der Waals surface area contributed by atoms with E-state index in [0.29, 0.717) is 76.0 Å². The number of phenolic OH excluding ortho intramolecular Hbond substituents is 2. The van der Waals surface area contributed by atoms with Gasteiger partial charge < -0.3 is 30.3 Å². The van der Waals surface area contributed by atoms with E-state index in [-0.39, 0.29) is 68.0 Å². The maximum atomic E-state index is 13.7. The average Bonchev–Trinajstić information content (AvgIpc) is 0.780. The molecule has 1 aliphatic carbocycles. The average molecular weight is 1300 g/mol. The normalized spacial score (nSPS) is 14.0. The lowest BCUT2D eigenvalue weighted by Crippen LogP contribution is -2.49. The third-order valence-electron chi connectivity index (χ3n) is 17.4. The summed E-state index contributed by atoms with van der Waals surface area (Å²) in [6.45, 7) is 38.3. The molecule has 16 heteroatoms. The van der Waals surface area contributed by atoms with Gasteiger partial charge in [0, 0.05) is 38.8 Å². The van der Waals surface area contributed by atoms with E-state index in [4.69, 9.17) is 9.47 Å². The maximum absolute atomic E-state index is 13.7. The Balaban J connectivity index is 1.24. The van der Waals surface area contributed by atoms with Gasteiger partial charge in [-0.3, -0.25) is 9.59 Å². The van der Waals surface area contributed by atoms with Crippen molar-refractivity contribution in [3.63, 3.8) is 0 Å². The van der Waals surface area contributed by atoms with Gasteiger partial charge in [-0.15, -0.1) is 0 Å². The second-order valence-corrected chi connectivity index (χ2v) is 33.7. The summed E-state index contributed by atoms with van der Waals surface area (Å²) in [5.74, 6) is 0.240. The van der Waals surface area contributed by atoms with Crippen LogP contribution in [-0.4, -0.2) is 77.2 Å². The summed E-state index contributed by atoms with van der Waals surface area (Å²) >= 11 is 0. The monoisotopic (exact) mass is 1300 g/mol. The molecule has 1 aliphatic rings. The standard InChI is InChI=1S/C76H104N4O10S2/c1-47(2)65(79-91(85,86)63-27-23-49(5)24-28-63)71(83)77-31-19-21-33-89-69-55-35-51-39-59(73(7,8)9)41-53(67(51)81)37-57-45-62(76(16,17)18)46-58(38-54-42-60(74(10,11)12)40-52(68(54)82)36-56(69)44-61(43-55)75(13,14)15)70(57)90-34-22-20-32-78-72(84)66(48(3)4)80-92(87,88)64-29-25-50(6)26-30-64/h23-30,39-48,65-66,79-82H,19-22,31-38H2,1-18H3,(H,77,83)(H,78,84)/t65-,66-/m0/s1. The number of aryl methyl sites for hydroxylation is 2. The minimum absolute atomic E-state index is 0.0947. The predicted octanol–water partition coefficient (Wildman–Crippen LogP) is 14.1. The van der Waals surface area contributed by atoms with Crippen LogP contribution in [0.3, 0.4) is 0 Å². The molecule has 8 bridgehead atoms. The molecule has 500 valence electrons. The van der Waals surface area contributed by atoms with Crippen LogP contribution in [-0.2, 0) is 77.0 Å². The Morgan fingerprint density at radius 2 is 0.674 bits per heavy atom. The van der Waals surface area contributed by atoms with E-state index in [2.05, 4.69) is 152 Å². The molecule has 7 rings (SSSR count). The lowest BCUT2D eigenvalue weighted by atomic mass is 9.79. The van der Waals surface area contributed by atoms with Gasteiger partial charge >= 0.3 is 0 Å². The van der Waals surface area contributed by atoms with E-state index in [1.54, 1.807) is 24.3 Å². The Bertz CT molecular complexity index is 3480. The highest BCUT2D eigenvalue weighted by Gasteiger charge is 2.32. The minimum Gasteiger partial charge on any atom is -0.507 e. The number of unbranched alkanes of at least 4 members (excludes halogenated alkanes) is 2. The van der Waals surface area contributed by atoms with Gasteiger partial charge in [-0.25, -0.2) is 16.8 Å². The van der Waals surface area contributed by atoms with Crippen LogP contribution in [0.1, 0.15) is 214 Å². The van der Waals surface area contributed by atoms with Crippen molar-refractivity contribution >= 4 is 31.9 Å². The molecule has 6 N–H and O–H groups in total. The number of aromatic hydroxyl groups is 2. The minimum atomic E-state index is -3.96. The van der Waals surface area contributed by atoms with Gasteiger partial charge in [0.05, 0.1) is 23.0 Å². The topological polar surface area (TPSA) is 209 Å². The van der Waals surface area contributed by atoms with Crippen LogP contribution in [0.5, 0.6) is 23.0 Å². The number of carbonyl (C=O) groups is 2. The van der Waals surface area contributed by atoms with Crippen LogP contribution in [0, 0.1) is 25.7 Å². The molecule has 0 saturated carbocycles. The highest BCUT2D eigenvalue weighted by Crippen LogP contribution is 2.44. The largest absolute Gasteiger partial charge is 0.507 e. The molecule has 0 fully saturated rings. The quantitative estimate of drug-likeness (QED) is 0.0354. The Kier molecular flexibility index (Phi) is 23.1. The van der Waals surface area contributed by atoms with Gasteiger partial charge in [-0.05, 0) is 164 Å². The number of sulfonamides is 2. The Morgan fingerprint density at radius 1 is 0.424 bits per heavy atom. The summed E-state index contributed by atoms with van der Waals surface area (Å²) in [5.41, 5.74) is 11.3. The highest BCUT2D eigenvalue weighted by molar-refractivity contribution is 7.89. The summed E-state index contributed by atoms with van der Waals surface area (Å²) in [4.78, 5) is 27.5. The number of hydrogen-bond acceptors (Lipinski definition) is 10. The second kappa shape index (κ2) is 29.3. The Morgan fingerprint density at radius 3 is 0.913 bits per heavy atom. The first-order valence-corrected chi connectivity index (χ1v) is 35.7. The van der Waals surface area contributed by atoms with Crippen molar-refractivity contribution in [2.75, 3.05) is 26.3 Å². The maximum Gasteiger partial charge on any atom is 0.241 e. The second-order valence-electron chi connectivity index (χ2n) is 30.2. The van der Waals surface area contributed by atoms with Gasteiger partial charge in [-0.1, -0.05) is 195 Å². The predicted molar refractivity (Wildman–Crippen MR) is 371 cm³/mol. The first kappa shape index (κ1) is 72.7. The van der Waals surface area contributed by atoms with Crippen molar-refractivity contribution in [1.82, 2.24) is 20.1 Å². The van der Waals surface area contributed by atoms with Crippen molar-refractivity contribution in [2.24, 2.45) is 11.8 Å². The molecule has 2 atom stereocenters. The number of fused-ring (bicyclic) bond motifs is 8. The molecule has 0 saturated heterocycles. The zero-order valence-electron chi connectivity index (χ0n) is 58.0. The number of ether oxygens (including phenoxy) is 2. The molecule has 14 nitrogen and oxygen atoms in total. The van der Waals surface area contributed by atoms with Crippen molar-refractivity contribution in [2.45, 2.75) is 220 Å². The highest BCUT2D eigenvalue weighted by atomic mass is 32.2. The first-order valence-electron chi connectivity index (χ1n) is 32.8. The van der Waals surface area contributed by atoms with Crippen LogP contribution >= 0.6 is 0 Å². The summed E-state index contributed by atoms with van der Waals surface area (Å²) in [5, 5.41) is 31.7. The summed E-state index contributed by atoms with van der Waals surface area (Å²) in [6.07, 6.45) is 3.50. The molecule has 0 spiro atoms. The summed E-state index contributed by atoms with van der Waals surface area (Å²) in [6, 6.07) is 28.3. The number of nitrogens with one attached hydrogen (secondary N) is 4. The smallest absolute Gasteiger partial charge is 0.241 e. The molecule has 6 aromatic rings. The fourth-order valence-corrected chi connectivity index (χ4v) is 14.0. The van der Waals surface area contributed by atoms with Crippen LogP contribution in [0.15, 0.2) is 107 Å². The van der Waals surface area contributed by atoms with E-state index >= 15 is 0 Å². The fourth-order valence-electron chi connectivity index (χ4n) is 11.4. The van der Waals surface area contributed by atoms with Gasteiger partial charge in [-0.2, -0.15) is 9.44 Å². The van der Waals surface area contributed by atoms with Gasteiger partial charge in [0.2, 0.25) is 31.9 Å². The third kappa shape index (κ3) is 18.8. The zero-order chi connectivity index (χ0) is 68.1. The molecule has 0 heterocycles. The van der Waals surface area contributed by atoms with Crippen LogP contribution in [0.4, 0.5) is 0 Å². The lowest BCUT2D eigenvalue weighted by molar-refractivity contribution is -0.124. The number of amides is 2. The molecule has 92 heavy (non-hydrogen) atoms. The van der Waals surface area contributed by atoms with Crippen LogP contribution in [0.2, 0.25) is 0 Å². The van der Waals surface area contributed by atoms with Crippen molar-refractivity contribution < 1.29 is 46.1 Å². The van der Waals surface area contributed by atoms with E-state index < -0.39 is 43.9 Å². The molecular formula is C76H104N4O10S2.